The second kappa shape index (κ2) is 5.29. The summed E-state index contributed by atoms with van der Waals surface area (Å²) in [6.07, 6.45) is 3.77. The number of aromatic nitrogens is 4. The van der Waals surface area contributed by atoms with E-state index >= 15 is 0 Å². The first-order chi connectivity index (χ1) is 9.70. The third-order valence-corrected chi connectivity index (χ3v) is 3.80. The summed E-state index contributed by atoms with van der Waals surface area (Å²) in [6, 6.07) is 8.43. The van der Waals surface area contributed by atoms with Gasteiger partial charge in [0.1, 0.15) is 5.82 Å². The summed E-state index contributed by atoms with van der Waals surface area (Å²) in [5.41, 5.74) is 3.36. The molecule has 0 saturated heterocycles. The normalized spacial score (nSPS) is 12.9. The Hall–Kier alpha value is -1.81. The molecule has 0 aliphatic rings. The van der Waals surface area contributed by atoms with E-state index in [1.165, 1.54) is 5.56 Å². The van der Waals surface area contributed by atoms with Gasteiger partial charge in [-0.3, -0.25) is 4.68 Å². The zero-order valence-corrected chi connectivity index (χ0v) is 12.4. The molecule has 2 heterocycles. The van der Waals surface area contributed by atoms with Crippen LogP contribution >= 0.6 is 11.6 Å². The average molecular weight is 289 g/mol. The molecule has 5 heteroatoms. The van der Waals surface area contributed by atoms with E-state index in [9.17, 15) is 0 Å². The monoisotopic (exact) mass is 288 g/mol. The molecule has 1 unspecified atom stereocenters. The number of imidazole rings is 1. The van der Waals surface area contributed by atoms with Crippen LogP contribution in [0.1, 0.15) is 24.4 Å². The largest absolute Gasteiger partial charge is 0.322 e. The number of hydrogen-bond acceptors (Lipinski definition) is 2. The maximum absolute atomic E-state index is 6.08. The van der Waals surface area contributed by atoms with Gasteiger partial charge in [-0.2, -0.15) is 5.10 Å². The van der Waals surface area contributed by atoms with Crippen molar-refractivity contribution in [1.29, 1.82) is 0 Å². The Morgan fingerprint density at radius 2 is 2.15 bits per heavy atom. The zero-order valence-electron chi connectivity index (χ0n) is 11.6. The van der Waals surface area contributed by atoms with E-state index in [1.807, 2.05) is 16.9 Å². The summed E-state index contributed by atoms with van der Waals surface area (Å²) in [6.45, 7) is 5.05. The van der Waals surface area contributed by atoms with Gasteiger partial charge in [-0.05, 0) is 31.5 Å². The second-order valence-corrected chi connectivity index (χ2v) is 5.32. The van der Waals surface area contributed by atoms with Crippen LogP contribution in [0.5, 0.6) is 0 Å². The molecule has 0 amide bonds. The Morgan fingerprint density at radius 1 is 1.30 bits per heavy atom. The molecule has 4 nitrogen and oxygen atoms in total. The van der Waals surface area contributed by atoms with E-state index in [0.29, 0.717) is 5.88 Å². The highest BCUT2D eigenvalue weighted by Crippen LogP contribution is 2.25. The van der Waals surface area contributed by atoms with Crippen molar-refractivity contribution < 1.29 is 0 Å². The molecule has 20 heavy (non-hydrogen) atoms. The van der Waals surface area contributed by atoms with Crippen LogP contribution in [0.25, 0.3) is 11.0 Å². The molecule has 0 spiro atoms. The first kappa shape index (κ1) is 13.2. The predicted molar refractivity (Wildman–Crippen MR) is 81.0 cm³/mol. The number of halogens is 1. The molecule has 1 atom stereocenters. The van der Waals surface area contributed by atoms with E-state index in [2.05, 4.69) is 46.7 Å². The SMILES string of the molecule is Cc1cccc2c1nc(CCl)n2C(C)Cn1cccn1. The maximum atomic E-state index is 6.08. The van der Waals surface area contributed by atoms with Crippen LogP contribution in [0, 0.1) is 6.92 Å². The number of benzene rings is 1. The molecule has 3 aromatic rings. The molecule has 0 saturated carbocycles. The highest BCUT2D eigenvalue weighted by Gasteiger charge is 2.16. The number of hydrogen-bond donors (Lipinski definition) is 0. The van der Waals surface area contributed by atoms with Crippen molar-refractivity contribution in [3.05, 3.63) is 48.0 Å². The van der Waals surface area contributed by atoms with Crippen LogP contribution in [0.3, 0.4) is 0 Å². The highest BCUT2D eigenvalue weighted by atomic mass is 35.5. The molecule has 0 N–H and O–H groups in total. The van der Waals surface area contributed by atoms with Crippen molar-refractivity contribution in [1.82, 2.24) is 19.3 Å². The van der Waals surface area contributed by atoms with E-state index in [1.54, 1.807) is 6.20 Å². The fourth-order valence-electron chi connectivity index (χ4n) is 2.65. The molecule has 0 fully saturated rings. The molecule has 3 rings (SSSR count). The number of aryl methyl sites for hydroxylation is 1. The molecule has 104 valence electrons. The minimum atomic E-state index is 0.246. The molecule has 0 radical (unpaired) electrons. The molecule has 1 aromatic carbocycles. The molecule has 2 aromatic heterocycles. The summed E-state index contributed by atoms with van der Waals surface area (Å²) in [4.78, 5) is 4.68. The number of fused-ring (bicyclic) bond motifs is 1. The zero-order chi connectivity index (χ0) is 14.1. The molecule has 0 bridgehead atoms. The number of rotatable bonds is 4. The first-order valence-corrected chi connectivity index (χ1v) is 7.24. The summed E-state index contributed by atoms with van der Waals surface area (Å²) in [5.74, 6) is 1.33. The van der Waals surface area contributed by atoms with E-state index < -0.39 is 0 Å². The molecule has 0 aliphatic carbocycles. The van der Waals surface area contributed by atoms with Crippen LogP contribution in [0.2, 0.25) is 0 Å². The van der Waals surface area contributed by atoms with Crippen LogP contribution in [-0.4, -0.2) is 19.3 Å². The summed E-state index contributed by atoms with van der Waals surface area (Å²) in [5, 5.41) is 4.27. The van der Waals surface area contributed by atoms with Gasteiger partial charge in [0.15, 0.2) is 0 Å². The van der Waals surface area contributed by atoms with Gasteiger partial charge < -0.3 is 4.57 Å². The minimum Gasteiger partial charge on any atom is -0.322 e. The van der Waals surface area contributed by atoms with Crippen molar-refractivity contribution in [3.63, 3.8) is 0 Å². The van der Waals surface area contributed by atoms with Gasteiger partial charge in [-0.15, -0.1) is 11.6 Å². The summed E-state index contributed by atoms with van der Waals surface area (Å²) < 4.78 is 4.15. The minimum absolute atomic E-state index is 0.246. The standard InChI is InChI=1S/C15H17ClN4/c1-11-5-3-6-13-15(11)18-14(9-16)20(13)12(2)10-19-8-4-7-17-19/h3-8,12H,9-10H2,1-2H3. The van der Waals surface area contributed by atoms with Crippen molar-refractivity contribution in [3.8, 4) is 0 Å². The van der Waals surface area contributed by atoms with Gasteiger partial charge in [0.05, 0.1) is 29.5 Å². The van der Waals surface area contributed by atoms with Gasteiger partial charge in [0, 0.05) is 12.4 Å². The lowest BCUT2D eigenvalue weighted by molar-refractivity contribution is 0.438. The summed E-state index contributed by atoms with van der Waals surface area (Å²) in [7, 11) is 0. The Kier molecular flexibility index (Phi) is 3.49. The highest BCUT2D eigenvalue weighted by molar-refractivity contribution is 6.16. The number of para-hydroxylation sites is 1. The van der Waals surface area contributed by atoms with Crippen LogP contribution in [0.15, 0.2) is 36.7 Å². The second-order valence-electron chi connectivity index (χ2n) is 5.05. The third-order valence-electron chi connectivity index (χ3n) is 3.57. The number of alkyl halides is 1. The van der Waals surface area contributed by atoms with Crippen molar-refractivity contribution >= 4 is 22.6 Å². The van der Waals surface area contributed by atoms with Crippen molar-refractivity contribution in [2.24, 2.45) is 0 Å². The van der Waals surface area contributed by atoms with Gasteiger partial charge in [0.25, 0.3) is 0 Å². The fourth-order valence-corrected chi connectivity index (χ4v) is 2.84. The molecular weight excluding hydrogens is 272 g/mol. The Bertz CT molecular complexity index is 715. The topological polar surface area (TPSA) is 35.6 Å². The summed E-state index contributed by atoms with van der Waals surface area (Å²) >= 11 is 6.08. The Balaban J connectivity index is 2.07. The lowest BCUT2D eigenvalue weighted by atomic mass is 10.2. The lowest BCUT2D eigenvalue weighted by Crippen LogP contribution is -2.15. The third kappa shape index (κ3) is 2.20. The maximum Gasteiger partial charge on any atom is 0.125 e. The molecule has 0 aliphatic heterocycles. The quantitative estimate of drug-likeness (QED) is 0.688. The van der Waals surface area contributed by atoms with Crippen molar-refractivity contribution in [2.45, 2.75) is 32.3 Å². The van der Waals surface area contributed by atoms with E-state index in [-0.39, 0.29) is 6.04 Å². The average Bonchev–Trinajstić information content (AvgIpc) is 3.05. The van der Waals surface area contributed by atoms with E-state index in [4.69, 9.17) is 11.6 Å². The Labute approximate surface area is 123 Å². The van der Waals surface area contributed by atoms with Gasteiger partial charge >= 0.3 is 0 Å². The lowest BCUT2D eigenvalue weighted by Gasteiger charge is -2.17. The predicted octanol–water partition coefficient (Wildman–Crippen LogP) is 3.54. The first-order valence-electron chi connectivity index (χ1n) is 6.70. The smallest absolute Gasteiger partial charge is 0.125 e. The van der Waals surface area contributed by atoms with Gasteiger partial charge in [0.2, 0.25) is 0 Å². The van der Waals surface area contributed by atoms with Gasteiger partial charge in [-0.1, -0.05) is 12.1 Å². The Morgan fingerprint density at radius 3 is 2.85 bits per heavy atom. The van der Waals surface area contributed by atoms with Crippen molar-refractivity contribution in [2.75, 3.05) is 0 Å². The fraction of sp³-hybridized carbons (Fsp3) is 0.333. The van der Waals surface area contributed by atoms with Crippen LogP contribution in [-0.2, 0) is 12.4 Å². The number of nitrogens with zero attached hydrogens (tertiary/aromatic N) is 4. The van der Waals surface area contributed by atoms with Crippen LogP contribution in [0.4, 0.5) is 0 Å². The van der Waals surface area contributed by atoms with Gasteiger partial charge in [-0.25, -0.2) is 4.98 Å². The van der Waals surface area contributed by atoms with Crippen LogP contribution < -0.4 is 0 Å². The van der Waals surface area contributed by atoms with E-state index in [0.717, 1.165) is 23.4 Å². The molecular formula is C15H17ClN4.